The summed E-state index contributed by atoms with van der Waals surface area (Å²) in [7, 11) is 0. The molecule has 2 aromatic heterocycles. The van der Waals surface area contributed by atoms with Gasteiger partial charge in [0.2, 0.25) is 0 Å². The molecule has 0 saturated carbocycles. The molecule has 7 heteroatoms. The van der Waals surface area contributed by atoms with Crippen LogP contribution in [0.15, 0.2) is 79.0 Å². The molecule has 3 heterocycles. The highest BCUT2D eigenvalue weighted by Gasteiger charge is 2.41. The van der Waals surface area contributed by atoms with Crippen molar-refractivity contribution in [3.63, 3.8) is 0 Å². The minimum atomic E-state index is -0.0768. The van der Waals surface area contributed by atoms with E-state index in [1.165, 1.54) is 11.1 Å². The molecule has 0 bridgehead atoms. The highest BCUT2D eigenvalue weighted by molar-refractivity contribution is 7.80. The van der Waals surface area contributed by atoms with E-state index < -0.39 is 0 Å². The molecule has 1 saturated heterocycles. The average Bonchev–Trinajstić information content (AvgIpc) is 3.30. The standard InChI is InChI=1S/C27H24Cl2N4S/c1-17-14-21(18(2)33(17)24-12-11-20(28)15-22(24)29)26-25(23-10-6-7-13-30-23)31-27(34)32(26)16-19-8-4-3-5-9-19/h3-15,25-26H,16H2,1-2H3,(H,31,34)/t25-,26+/m0/s1. The first-order chi connectivity index (χ1) is 16.4. The molecule has 5 rings (SSSR count). The van der Waals surface area contributed by atoms with Gasteiger partial charge in [-0.1, -0.05) is 59.6 Å². The Morgan fingerprint density at radius 2 is 1.74 bits per heavy atom. The molecule has 2 aromatic carbocycles. The fourth-order valence-electron chi connectivity index (χ4n) is 4.81. The van der Waals surface area contributed by atoms with Gasteiger partial charge in [0.15, 0.2) is 5.11 Å². The van der Waals surface area contributed by atoms with Crippen molar-refractivity contribution in [2.45, 2.75) is 32.5 Å². The van der Waals surface area contributed by atoms with E-state index in [-0.39, 0.29) is 12.1 Å². The van der Waals surface area contributed by atoms with Crippen LogP contribution in [0.25, 0.3) is 5.69 Å². The topological polar surface area (TPSA) is 33.1 Å². The number of nitrogens with zero attached hydrogens (tertiary/aromatic N) is 3. The maximum atomic E-state index is 6.60. The van der Waals surface area contributed by atoms with Crippen LogP contribution in [0.1, 0.15) is 40.3 Å². The zero-order chi connectivity index (χ0) is 23.8. The van der Waals surface area contributed by atoms with Gasteiger partial charge in [0.1, 0.15) is 0 Å². The van der Waals surface area contributed by atoms with Gasteiger partial charge in [0.05, 0.1) is 28.5 Å². The summed E-state index contributed by atoms with van der Waals surface area (Å²) in [6.07, 6.45) is 1.83. The van der Waals surface area contributed by atoms with Gasteiger partial charge in [-0.15, -0.1) is 0 Å². The van der Waals surface area contributed by atoms with E-state index in [0.29, 0.717) is 16.6 Å². The molecule has 4 aromatic rings. The second-order valence-electron chi connectivity index (χ2n) is 8.50. The quantitative estimate of drug-likeness (QED) is 0.296. The van der Waals surface area contributed by atoms with Crippen molar-refractivity contribution >= 4 is 40.5 Å². The lowest BCUT2D eigenvalue weighted by Gasteiger charge is -2.28. The highest BCUT2D eigenvalue weighted by atomic mass is 35.5. The van der Waals surface area contributed by atoms with Crippen molar-refractivity contribution in [3.8, 4) is 5.69 Å². The van der Waals surface area contributed by atoms with Crippen molar-refractivity contribution in [2.24, 2.45) is 0 Å². The summed E-state index contributed by atoms with van der Waals surface area (Å²) in [6, 6.07) is 24.1. The smallest absolute Gasteiger partial charge is 0.170 e. The predicted molar refractivity (Wildman–Crippen MR) is 143 cm³/mol. The van der Waals surface area contributed by atoms with Crippen LogP contribution < -0.4 is 5.32 Å². The summed E-state index contributed by atoms with van der Waals surface area (Å²) in [6.45, 7) is 4.93. The Morgan fingerprint density at radius 1 is 0.971 bits per heavy atom. The minimum absolute atomic E-state index is 0.0337. The molecular weight excluding hydrogens is 483 g/mol. The molecule has 0 radical (unpaired) electrons. The van der Waals surface area contributed by atoms with Crippen LogP contribution in [-0.4, -0.2) is 19.6 Å². The molecule has 0 spiro atoms. The predicted octanol–water partition coefficient (Wildman–Crippen LogP) is 6.97. The Hall–Kier alpha value is -2.86. The van der Waals surface area contributed by atoms with Gasteiger partial charge in [-0.25, -0.2) is 0 Å². The SMILES string of the molecule is Cc1cc([C@@H]2[C@H](c3ccccn3)NC(=S)N2Cc2ccccc2)c(C)n1-c1ccc(Cl)cc1Cl. The van der Waals surface area contributed by atoms with E-state index in [0.717, 1.165) is 27.9 Å². The van der Waals surface area contributed by atoms with Crippen LogP contribution in [0, 0.1) is 13.8 Å². The van der Waals surface area contributed by atoms with Crippen LogP contribution in [0.2, 0.25) is 10.0 Å². The third-order valence-electron chi connectivity index (χ3n) is 6.33. The zero-order valence-electron chi connectivity index (χ0n) is 18.9. The molecule has 172 valence electrons. The van der Waals surface area contributed by atoms with Crippen LogP contribution in [0.4, 0.5) is 0 Å². The van der Waals surface area contributed by atoms with E-state index in [9.17, 15) is 0 Å². The number of nitrogens with one attached hydrogen (secondary N) is 1. The van der Waals surface area contributed by atoms with E-state index in [2.05, 4.69) is 70.0 Å². The lowest BCUT2D eigenvalue weighted by molar-refractivity contribution is 0.310. The van der Waals surface area contributed by atoms with Gasteiger partial charge in [-0.2, -0.15) is 0 Å². The number of hydrogen-bond acceptors (Lipinski definition) is 2. The summed E-state index contributed by atoms with van der Waals surface area (Å²) in [5.74, 6) is 0. The normalized spacial score (nSPS) is 17.8. The maximum Gasteiger partial charge on any atom is 0.170 e. The summed E-state index contributed by atoms with van der Waals surface area (Å²) in [4.78, 5) is 6.93. The largest absolute Gasteiger partial charge is 0.352 e. The number of halogens is 2. The van der Waals surface area contributed by atoms with Gasteiger partial charge in [-0.3, -0.25) is 4.98 Å². The van der Waals surface area contributed by atoms with Crippen LogP contribution in [-0.2, 0) is 6.54 Å². The summed E-state index contributed by atoms with van der Waals surface area (Å²) in [5.41, 5.74) is 6.45. The lowest BCUT2D eigenvalue weighted by Crippen LogP contribution is -2.29. The zero-order valence-corrected chi connectivity index (χ0v) is 21.2. The summed E-state index contributed by atoms with van der Waals surface area (Å²) < 4.78 is 2.19. The molecular formula is C27H24Cl2N4S. The molecule has 1 aliphatic rings. The van der Waals surface area contributed by atoms with Gasteiger partial charge in [0, 0.05) is 29.2 Å². The van der Waals surface area contributed by atoms with E-state index in [1.54, 1.807) is 6.07 Å². The van der Waals surface area contributed by atoms with E-state index >= 15 is 0 Å². The Labute approximate surface area is 215 Å². The fraction of sp³-hybridized carbons (Fsp3) is 0.185. The van der Waals surface area contributed by atoms with Gasteiger partial charge in [0.25, 0.3) is 0 Å². The Bertz CT molecular complexity index is 1340. The Kier molecular flexibility index (Phi) is 6.34. The number of thiocarbonyl (C=S) groups is 1. The van der Waals surface area contributed by atoms with Crippen LogP contribution in [0.5, 0.6) is 0 Å². The number of benzene rings is 2. The number of aryl methyl sites for hydroxylation is 1. The van der Waals surface area contributed by atoms with E-state index in [1.807, 2.05) is 36.5 Å². The molecule has 0 aliphatic carbocycles. The molecule has 1 fully saturated rings. The minimum Gasteiger partial charge on any atom is -0.352 e. The average molecular weight is 507 g/mol. The monoisotopic (exact) mass is 506 g/mol. The van der Waals surface area contributed by atoms with Crippen molar-refractivity contribution in [2.75, 3.05) is 0 Å². The van der Waals surface area contributed by atoms with Crippen molar-refractivity contribution in [1.82, 2.24) is 19.8 Å². The summed E-state index contributed by atoms with van der Waals surface area (Å²) >= 11 is 18.6. The molecule has 1 N–H and O–H groups in total. The Balaban J connectivity index is 1.63. The number of aromatic nitrogens is 2. The van der Waals surface area contributed by atoms with Crippen molar-refractivity contribution in [3.05, 3.63) is 117 Å². The first-order valence-corrected chi connectivity index (χ1v) is 12.3. The molecule has 0 unspecified atom stereocenters. The van der Waals surface area contributed by atoms with Gasteiger partial charge >= 0.3 is 0 Å². The third kappa shape index (κ3) is 4.20. The first kappa shape index (κ1) is 22.9. The number of hydrogen-bond donors (Lipinski definition) is 1. The summed E-state index contributed by atoms with van der Waals surface area (Å²) in [5, 5.41) is 5.50. The van der Waals surface area contributed by atoms with Crippen LogP contribution >= 0.6 is 35.4 Å². The second kappa shape index (κ2) is 9.41. The Morgan fingerprint density at radius 3 is 2.44 bits per heavy atom. The maximum absolute atomic E-state index is 6.60. The lowest BCUT2D eigenvalue weighted by atomic mass is 9.96. The second-order valence-corrected chi connectivity index (χ2v) is 9.73. The number of pyridine rings is 1. The molecule has 2 atom stereocenters. The van der Waals surface area contributed by atoms with Crippen LogP contribution in [0.3, 0.4) is 0 Å². The van der Waals surface area contributed by atoms with Crippen molar-refractivity contribution < 1.29 is 0 Å². The van der Waals surface area contributed by atoms with Crippen molar-refractivity contribution in [1.29, 1.82) is 0 Å². The number of rotatable bonds is 5. The third-order valence-corrected chi connectivity index (χ3v) is 7.22. The molecule has 4 nitrogen and oxygen atoms in total. The first-order valence-electron chi connectivity index (χ1n) is 11.1. The molecule has 1 aliphatic heterocycles. The van der Waals surface area contributed by atoms with E-state index in [4.69, 9.17) is 35.4 Å². The van der Waals surface area contributed by atoms with Gasteiger partial charge < -0.3 is 14.8 Å². The van der Waals surface area contributed by atoms with Gasteiger partial charge in [-0.05, 0) is 73.6 Å². The fourth-order valence-corrected chi connectivity index (χ4v) is 5.61. The molecule has 0 amide bonds. The molecule has 34 heavy (non-hydrogen) atoms. The highest BCUT2D eigenvalue weighted by Crippen LogP contribution is 2.42.